The fraction of sp³-hybridized carbons (Fsp3) is 0.364. The third-order valence-corrected chi connectivity index (χ3v) is 4.82. The summed E-state index contributed by atoms with van der Waals surface area (Å²) in [6.45, 7) is 0.393. The van der Waals surface area contributed by atoms with Gasteiger partial charge in [0.25, 0.3) is 0 Å². The molecule has 0 radical (unpaired) electrons. The maximum absolute atomic E-state index is 10.1. The molecule has 10 heteroatoms. The van der Waals surface area contributed by atoms with E-state index in [1.807, 2.05) is 6.07 Å². The number of aromatic hydroxyl groups is 2. The third-order valence-electron chi connectivity index (χ3n) is 4.82. The standard InChI is InChI=1S/C16H17NO4.C6H10O4.H2O/c1-21-15-6-9(2-5-13(15)19)16-11-4-3-10(18)7-12(11)14(20)8-17-16;7-5(8)3-1-2-4-6(9)10;/h2-7,14,16-20H,8H2,1H3;1-4H2,(H,7,8)(H,9,10);1H2. The molecule has 0 saturated heterocycles. The smallest absolute Gasteiger partial charge is 0.303 e. The molecule has 10 nitrogen and oxygen atoms in total. The Balaban J connectivity index is 0.000000400. The van der Waals surface area contributed by atoms with Crippen molar-refractivity contribution >= 4 is 11.9 Å². The molecule has 0 aliphatic carbocycles. The quantitative estimate of drug-likeness (QED) is 0.341. The van der Waals surface area contributed by atoms with E-state index >= 15 is 0 Å². The largest absolute Gasteiger partial charge is 0.508 e. The number of carboxylic acid groups (broad SMARTS) is 2. The lowest BCUT2D eigenvalue weighted by molar-refractivity contribution is -0.139. The zero-order valence-electron chi connectivity index (χ0n) is 17.6. The first-order valence-electron chi connectivity index (χ1n) is 9.77. The van der Waals surface area contributed by atoms with Crippen molar-refractivity contribution in [1.82, 2.24) is 5.32 Å². The number of nitrogens with one attached hydrogen (secondary N) is 1. The molecule has 0 saturated carbocycles. The highest BCUT2D eigenvalue weighted by Crippen LogP contribution is 2.37. The monoisotopic (exact) mass is 451 g/mol. The first-order chi connectivity index (χ1) is 14.7. The van der Waals surface area contributed by atoms with Crippen molar-refractivity contribution in [3.63, 3.8) is 0 Å². The minimum Gasteiger partial charge on any atom is -0.508 e. The van der Waals surface area contributed by atoms with E-state index in [-0.39, 0.29) is 35.9 Å². The summed E-state index contributed by atoms with van der Waals surface area (Å²) in [5, 5.41) is 48.9. The number of rotatable bonds is 7. The second-order valence-corrected chi connectivity index (χ2v) is 7.10. The van der Waals surface area contributed by atoms with Crippen LogP contribution in [0.1, 0.15) is 54.5 Å². The van der Waals surface area contributed by atoms with Gasteiger partial charge in [0, 0.05) is 19.4 Å². The summed E-state index contributed by atoms with van der Waals surface area (Å²) in [5.41, 5.74) is 2.54. The summed E-state index contributed by atoms with van der Waals surface area (Å²) >= 11 is 0. The van der Waals surface area contributed by atoms with Crippen molar-refractivity contribution in [2.24, 2.45) is 0 Å². The third kappa shape index (κ3) is 7.41. The summed E-state index contributed by atoms with van der Waals surface area (Å²) < 4.78 is 5.14. The van der Waals surface area contributed by atoms with E-state index < -0.39 is 18.0 Å². The highest BCUT2D eigenvalue weighted by atomic mass is 16.5. The van der Waals surface area contributed by atoms with Crippen LogP contribution in [-0.2, 0) is 9.59 Å². The number of phenols is 2. The van der Waals surface area contributed by atoms with Crippen LogP contribution in [0.15, 0.2) is 36.4 Å². The number of aliphatic hydroxyl groups excluding tert-OH is 1. The van der Waals surface area contributed by atoms with E-state index in [2.05, 4.69) is 5.32 Å². The van der Waals surface area contributed by atoms with Crippen molar-refractivity contribution in [3.8, 4) is 17.2 Å². The summed E-state index contributed by atoms with van der Waals surface area (Å²) in [4.78, 5) is 19.8. The molecule has 1 aliphatic heterocycles. The molecule has 2 aromatic carbocycles. The van der Waals surface area contributed by atoms with Gasteiger partial charge in [0.05, 0.1) is 19.3 Å². The highest BCUT2D eigenvalue weighted by molar-refractivity contribution is 5.67. The zero-order chi connectivity index (χ0) is 23.0. The number of aliphatic hydroxyl groups is 1. The first kappa shape index (κ1) is 26.7. The highest BCUT2D eigenvalue weighted by Gasteiger charge is 2.27. The van der Waals surface area contributed by atoms with Crippen LogP contribution in [-0.4, -0.2) is 56.6 Å². The number of aliphatic carboxylic acids is 2. The van der Waals surface area contributed by atoms with E-state index in [1.165, 1.54) is 7.11 Å². The van der Waals surface area contributed by atoms with Gasteiger partial charge >= 0.3 is 11.9 Å². The van der Waals surface area contributed by atoms with Crippen molar-refractivity contribution < 1.29 is 45.3 Å². The number of benzene rings is 2. The average Bonchev–Trinajstić information content (AvgIpc) is 2.73. The predicted octanol–water partition coefficient (Wildman–Crippen LogP) is 1.72. The van der Waals surface area contributed by atoms with E-state index in [4.69, 9.17) is 14.9 Å². The van der Waals surface area contributed by atoms with E-state index in [1.54, 1.807) is 30.3 Å². The van der Waals surface area contributed by atoms with E-state index in [0.29, 0.717) is 30.7 Å². The van der Waals surface area contributed by atoms with Crippen molar-refractivity contribution in [3.05, 3.63) is 53.1 Å². The zero-order valence-corrected chi connectivity index (χ0v) is 17.6. The Morgan fingerprint density at radius 2 is 1.62 bits per heavy atom. The van der Waals surface area contributed by atoms with Gasteiger partial charge in [0.2, 0.25) is 0 Å². The number of hydrogen-bond acceptors (Lipinski definition) is 7. The Labute approximate surface area is 185 Å². The molecule has 3 rings (SSSR count). The number of phenolic OH excluding ortho intramolecular Hbond substituents is 2. The fourth-order valence-electron chi connectivity index (χ4n) is 3.29. The van der Waals surface area contributed by atoms with Crippen LogP contribution in [0.5, 0.6) is 17.2 Å². The van der Waals surface area contributed by atoms with Gasteiger partial charge in [-0.15, -0.1) is 0 Å². The molecule has 0 fully saturated rings. The SMILES string of the molecule is COc1cc(C2NCC(O)c3cc(O)ccc32)ccc1O.O.O=C(O)CCCCC(=O)O. The molecular formula is C22H29NO9. The van der Waals surface area contributed by atoms with E-state index in [0.717, 1.165) is 11.1 Å². The second kappa shape index (κ2) is 12.5. The van der Waals surface area contributed by atoms with Gasteiger partial charge in [0.15, 0.2) is 11.5 Å². The average molecular weight is 451 g/mol. The maximum atomic E-state index is 10.1. The lowest BCUT2D eigenvalue weighted by Crippen LogP contribution is -2.33. The molecule has 176 valence electrons. The van der Waals surface area contributed by atoms with Crippen LogP contribution in [0.3, 0.4) is 0 Å². The molecule has 0 spiro atoms. The summed E-state index contributed by atoms with van der Waals surface area (Å²) in [6.07, 6.45) is 0.367. The second-order valence-electron chi connectivity index (χ2n) is 7.10. The van der Waals surface area contributed by atoms with Gasteiger partial charge in [-0.1, -0.05) is 12.1 Å². The van der Waals surface area contributed by atoms with Gasteiger partial charge in [-0.05, 0) is 53.8 Å². The van der Waals surface area contributed by atoms with Crippen LogP contribution in [0, 0.1) is 0 Å². The molecule has 2 unspecified atom stereocenters. The minimum atomic E-state index is -0.870. The van der Waals surface area contributed by atoms with Gasteiger partial charge in [-0.2, -0.15) is 0 Å². The lowest BCUT2D eigenvalue weighted by Gasteiger charge is -2.31. The summed E-state index contributed by atoms with van der Waals surface area (Å²) in [5.74, 6) is -1.11. The predicted molar refractivity (Wildman–Crippen MR) is 115 cm³/mol. The first-order valence-corrected chi connectivity index (χ1v) is 9.77. The number of ether oxygens (including phenoxy) is 1. The Morgan fingerprint density at radius 3 is 2.19 bits per heavy atom. The number of hydrogen-bond donors (Lipinski definition) is 6. The Morgan fingerprint density at radius 1 is 1.00 bits per heavy atom. The molecular weight excluding hydrogens is 422 g/mol. The van der Waals surface area contributed by atoms with Crippen LogP contribution in [0.4, 0.5) is 0 Å². The van der Waals surface area contributed by atoms with Crippen LogP contribution >= 0.6 is 0 Å². The Bertz CT molecular complexity index is 900. The number of carboxylic acids is 2. The van der Waals surface area contributed by atoms with Gasteiger partial charge in [-0.3, -0.25) is 9.59 Å². The maximum Gasteiger partial charge on any atom is 0.303 e. The molecule has 0 bridgehead atoms. The number of unbranched alkanes of at least 4 members (excludes halogenated alkanes) is 1. The van der Waals surface area contributed by atoms with Crippen molar-refractivity contribution in [2.45, 2.75) is 37.8 Å². The Kier molecular flexibility index (Phi) is 10.4. The van der Waals surface area contributed by atoms with Gasteiger partial charge < -0.3 is 41.1 Å². The topological polar surface area (TPSA) is 188 Å². The number of β-amino-alcohol motifs (C(OH)–C–C–N with tert-alkyl or cyclic N) is 1. The number of methoxy groups -OCH3 is 1. The van der Waals surface area contributed by atoms with Gasteiger partial charge in [-0.25, -0.2) is 0 Å². The molecule has 0 aromatic heterocycles. The lowest BCUT2D eigenvalue weighted by atomic mass is 9.88. The molecule has 2 atom stereocenters. The fourth-order valence-corrected chi connectivity index (χ4v) is 3.29. The van der Waals surface area contributed by atoms with Crippen LogP contribution in [0.2, 0.25) is 0 Å². The Hall–Kier alpha value is -3.34. The normalized spacial score (nSPS) is 16.6. The van der Waals surface area contributed by atoms with Gasteiger partial charge in [0.1, 0.15) is 5.75 Å². The molecule has 1 heterocycles. The van der Waals surface area contributed by atoms with Crippen LogP contribution in [0.25, 0.3) is 0 Å². The molecule has 0 amide bonds. The number of fused-ring (bicyclic) bond motifs is 1. The minimum absolute atomic E-state index is 0. The molecule has 8 N–H and O–H groups in total. The van der Waals surface area contributed by atoms with Crippen molar-refractivity contribution in [1.29, 1.82) is 0 Å². The van der Waals surface area contributed by atoms with E-state index in [9.17, 15) is 24.9 Å². The summed E-state index contributed by atoms with van der Waals surface area (Å²) in [6, 6.07) is 10.0. The molecule has 2 aromatic rings. The molecule has 32 heavy (non-hydrogen) atoms. The van der Waals surface area contributed by atoms with Crippen molar-refractivity contribution in [2.75, 3.05) is 13.7 Å². The molecule has 1 aliphatic rings. The van der Waals surface area contributed by atoms with Crippen LogP contribution < -0.4 is 10.1 Å². The number of carbonyl (C=O) groups is 2. The summed E-state index contributed by atoms with van der Waals surface area (Å²) in [7, 11) is 1.50.